The van der Waals surface area contributed by atoms with Gasteiger partial charge in [0.2, 0.25) is 0 Å². The average Bonchev–Trinajstić information content (AvgIpc) is 2.36. The number of hydrogen-bond acceptors (Lipinski definition) is 3. The summed E-state index contributed by atoms with van der Waals surface area (Å²) in [5.41, 5.74) is 6.83. The lowest BCUT2D eigenvalue weighted by Crippen LogP contribution is -2.36. The molecule has 0 heterocycles. The largest absolute Gasteiger partial charge is 0.494 e. The van der Waals surface area contributed by atoms with E-state index in [1.165, 1.54) is 0 Å². The van der Waals surface area contributed by atoms with Gasteiger partial charge in [-0.25, -0.2) is 0 Å². The Morgan fingerprint density at radius 3 is 2.42 bits per heavy atom. The number of benzene rings is 1. The summed E-state index contributed by atoms with van der Waals surface area (Å²) in [7, 11) is 0. The maximum Gasteiger partial charge on any atom is 0.269 e. The van der Waals surface area contributed by atoms with Crippen LogP contribution in [0.15, 0.2) is 36.5 Å². The third-order valence-corrected chi connectivity index (χ3v) is 2.43. The van der Waals surface area contributed by atoms with Crippen molar-refractivity contribution in [1.82, 2.24) is 10.9 Å². The highest BCUT2D eigenvalue weighted by molar-refractivity contribution is 5.94. The fraction of sp³-hybridized carbons (Fsp3) is 0.400. The minimum Gasteiger partial charge on any atom is -0.494 e. The van der Waals surface area contributed by atoms with Crippen LogP contribution in [0.5, 0.6) is 5.75 Å². The molecule has 2 N–H and O–H groups in total. The van der Waals surface area contributed by atoms with Crippen molar-refractivity contribution in [1.29, 1.82) is 0 Å². The minimum absolute atomic E-state index is 0.187. The SMILES string of the molecule is C=C(CC(C)C)NNC(=O)c1ccc(OCC)cc1. The average molecular weight is 262 g/mol. The van der Waals surface area contributed by atoms with Crippen molar-refractivity contribution in [2.24, 2.45) is 5.92 Å². The van der Waals surface area contributed by atoms with E-state index >= 15 is 0 Å². The summed E-state index contributed by atoms with van der Waals surface area (Å²) in [4.78, 5) is 11.8. The van der Waals surface area contributed by atoms with Gasteiger partial charge < -0.3 is 10.2 Å². The van der Waals surface area contributed by atoms with Crippen molar-refractivity contribution in [3.8, 4) is 5.75 Å². The van der Waals surface area contributed by atoms with E-state index in [4.69, 9.17) is 4.74 Å². The summed E-state index contributed by atoms with van der Waals surface area (Å²) in [5, 5.41) is 0. The topological polar surface area (TPSA) is 50.4 Å². The van der Waals surface area contributed by atoms with Gasteiger partial charge in [0.1, 0.15) is 5.75 Å². The van der Waals surface area contributed by atoms with Crippen molar-refractivity contribution in [3.63, 3.8) is 0 Å². The van der Waals surface area contributed by atoms with Crippen LogP contribution in [0.2, 0.25) is 0 Å². The zero-order chi connectivity index (χ0) is 14.3. The molecule has 0 saturated carbocycles. The van der Waals surface area contributed by atoms with Crippen LogP contribution >= 0.6 is 0 Å². The highest BCUT2D eigenvalue weighted by atomic mass is 16.5. The molecule has 19 heavy (non-hydrogen) atoms. The Balaban J connectivity index is 2.47. The van der Waals surface area contributed by atoms with Crippen LogP contribution in [0.4, 0.5) is 0 Å². The molecule has 0 bridgehead atoms. The molecule has 0 aromatic heterocycles. The van der Waals surface area contributed by atoms with Crippen LogP contribution in [0.3, 0.4) is 0 Å². The van der Waals surface area contributed by atoms with Gasteiger partial charge in [-0.15, -0.1) is 0 Å². The molecule has 0 atom stereocenters. The van der Waals surface area contributed by atoms with Crippen LogP contribution in [0.25, 0.3) is 0 Å². The van der Waals surface area contributed by atoms with E-state index in [9.17, 15) is 4.79 Å². The van der Waals surface area contributed by atoms with E-state index in [2.05, 4.69) is 31.3 Å². The molecule has 0 unspecified atom stereocenters. The highest BCUT2D eigenvalue weighted by Gasteiger charge is 2.06. The Bertz CT molecular complexity index is 424. The van der Waals surface area contributed by atoms with Gasteiger partial charge in [-0.2, -0.15) is 0 Å². The zero-order valence-corrected chi connectivity index (χ0v) is 11.8. The number of nitrogens with one attached hydrogen (secondary N) is 2. The number of carbonyl (C=O) groups is 1. The third-order valence-electron chi connectivity index (χ3n) is 2.43. The Kier molecular flexibility index (Phi) is 5.93. The molecular formula is C15H22N2O2. The number of hydrazine groups is 1. The molecule has 0 fully saturated rings. The second-order valence-corrected chi connectivity index (χ2v) is 4.74. The predicted octanol–water partition coefficient (Wildman–Crippen LogP) is 2.88. The molecule has 0 aliphatic carbocycles. The summed E-state index contributed by atoms with van der Waals surface area (Å²) >= 11 is 0. The van der Waals surface area contributed by atoms with E-state index in [1.807, 2.05) is 6.92 Å². The van der Waals surface area contributed by atoms with Crippen LogP contribution < -0.4 is 15.6 Å². The number of hydrogen-bond donors (Lipinski definition) is 2. The molecule has 1 rings (SSSR count). The Labute approximate surface area is 114 Å². The summed E-state index contributed by atoms with van der Waals surface area (Å²) < 4.78 is 5.32. The second-order valence-electron chi connectivity index (χ2n) is 4.74. The molecule has 0 aliphatic heterocycles. The number of ether oxygens (including phenoxy) is 1. The van der Waals surface area contributed by atoms with Crippen LogP contribution in [-0.2, 0) is 0 Å². The van der Waals surface area contributed by atoms with E-state index in [0.717, 1.165) is 17.9 Å². The van der Waals surface area contributed by atoms with E-state index in [1.54, 1.807) is 24.3 Å². The first-order chi connectivity index (χ1) is 9.02. The standard InChI is InChI=1S/C15H22N2O2/c1-5-19-14-8-6-13(7-9-14)15(18)17-16-12(4)10-11(2)3/h6-9,11,16H,4-5,10H2,1-3H3,(H,17,18). The molecule has 1 aromatic carbocycles. The van der Waals surface area contributed by atoms with E-state index in [0.29, 0.717) is 18.1 Å². The molecule has 0 saturated heterocycles. The summed E-state index contributed by atoms with van der Waals surface area (Å²) in [6.45, 7) is 10.6. The molecule has 0 radical (unpaired) electrons. The molecule has 104 valence electrons. The maximum atomic E-state index is 11.8. The Hall–Kier alpha value is -1.97. The monoisotopic (exact) mass is 262 g/mol. The van der Waals surface area contributed by atoms with E-state index in [-0.39, 0.29) is 5.91 Å². The predicted molar refractivity (Wildman–Crippen MR) is 76.8 cm³/mol. The first-order valence-electron chi connectivity index (χ1n) is 6.50. The van der Waals surface area contributed by atoms with Gasteiger partial charge in [0, 0.05) is 11.3 Å². The van der Waals surface area contributed by atoms with Crippen molar-refractivity contribution in [2.45, 2.75) is 27.2 Å². The van der Waals surface area contributed by atoms with Crippen molar-refractivity contribution >= 4 is 5.91 Å². The normalized spacial score (nSPS) is 10.1. The highest BCUT2D eigenvalue weighted by Crippen LogP contribution is 2.12. The lowest BCUT2D eigenvalue weighted by Gasteiger charge is -2.12. The maximum absolute atomic E-state index is 11.8. The van der Waals surface area contributed by atoms with Crippen LogP contribution in [0, 0.1) is 5.92 Å². The Morgan fingerprint density at radius 2 is 1.89 bits per heavy atom. The quantitative estimate of drug-likeness (QED) is 0.743. The summed E-state index contributed by atoms with van der Waals surface area (Å²) in [5.74, 6) is 1.08. The van der Waals surface area contributed by atoms with Gasteiger partial charge in [0.15, 0.2) is 0 Å². The van der Waals surface area contributed by atoms with Crippen molar-refractivity contribution in [2.75, 3.05) is 6.61 Å². The zero-order valence-electron chi connectivity index (χ0n) is 11.8. The number of amides is 1. The van der Waals surface area contributed by atoms with E-state index < -0.39 is 0 Å². The smallest absolute Gasteiger partial charge is 0.269 e. The first kappa shape index (κ1) is 15.1. The van der Waals surface area contributed by atoms with Crippen molar-refractivity contribution in [3.05, 3.63) is 42.1 Å². The number of rotatable bonds is 7. The second kappa shape index (κ2) is 7.46. The molecule has 4 heteroatoms. The molecule has 0 spiro atoms. The molecule has 1 amide bonds. The first-order valence-corrected chi connectivity index (χ1v) is 6.50. The number of allylic oxidation sites excluding steroid dienone is 1. The molecule has 4 nitrogen and oxygen atoms in total. The van der Waals surface area contributed by atoms with Gasteiger partial charge >= 0.3 is 0 Å². The lowest BCUT2D eigenvalue weighted by molar-refractivity contribution is 0.0938. The molecule has 0 aliphatic rings. The molecule has 1 aromatic rings. The summed E-state index contributed by atoms with van der Waals surface area (Å²) in [6.07, 6.45) is 0.823. The fourth-order valence-corrected chi connectivity index (χ4v) is 1.63. The fourth-order valence-electron chi connectivity index (χ4n) is 1.63. The Morgan fingerprint density at radius 1 is 1.26 bits per heavy atom. The van der Waals surface area contributed by atoms with Crippen LogP contribution in [0.1, 0.15) is 37.6 Å². The van der Waals surface area contributed by atoms with Gasteiger partial charge in [-0.3, -0.25) is 10.2 Å². The summed E-state index contributed by atoms with van der Waals surface area (Å²) in [6, 6.07) is 7.02. The van der Waals surface area contributed by atoms with Gasteiger partial charge in [0.05, 0.1) is 6.61 Å². The van der Waals surface area contributed by atoms with Crippen molar-refractivity contribution < 1.29 is 9.53 Å². The third kappa shape index (κ3) is 5.46. The van der Waals surface area contributed by atoms with Gasteiger partial charge in [0.25, 0.3) is 5.91 Å². The molecular weight excluding hydrogens is 240 g/mol. The number of carbonyl (C=O) groups excluding carboxylic acids is 1. The minimum atomic E-state index is -0.187. The van der Waals surface area contributed by atoms with Gasteiger partial charge in [-0.05, 0) is 43.5 Å². The van der Waals surface area contributed by atoms with Crippen LogP contribution in [-0.4, -0.2) is 12.5 Å². The lowest BCUT2D eigenvalue weighted by atomic mass is 10.1. The van der Waals surface area contributed by atoms with Gasteiger partial charge in [-0.1, -0.05) is 20.4 Å².